The molecule has 41 heavy (non-hydrogen) atoms. The first-order valence-corrected chi connectivity index (χ1v) is 12.5. The predicted octanol–water partition coefficient (Wildman–Crippen LogP) is 6.70. The summed E-state index contributed by atoms with van der Waals surface area (Å²) in [6.45, 7) is 3.95. The maximum Gasteiger partial charge on any atom is 0.340 e. The Hall–Kier alpha value is -5.28. The van der Waals surface area contributed by atoms with Gasteiger partial charge in [-0.2, -0.15) is 0 Å². The highest BCUT2D eigenvalue weighted by atomic mass is 16.5. The van der Waals surface area contributed by atoms with Crippen molar-refractivity contribution in [3.8, 4) is 22.9 Å². The van der Waals surface area contributed by atoms with Crippen LogP contribution < -0.4 is 0 Å². The van der Waals surface area contributed by atoms with E-state index in [2.05, 4.69) is 9.97 Å². The average Bonchev–Trinajstić information content (AvgIpc) is 3.63. The van der Waals surface area contributed by atoms with E-state index in [0.717, 1.165) is 29.4 Å². The topological polar surface area (TPSA) is 136 Å². The summed E-state index contributed by atoms with van der Waals surface area (Å²) in [5, 5.41) is 16.1. The summed E-state index contributed by atoms with van der Waals surface area (Å²) in [7, 11) is 2.35. The minimum Gasteiger partial charge on any atom is -0.478 e. The number of para-hydroxylation sites is 2. The van der Waals surface area contributed by atoms with Gasteiger partial charge in [0.05, 0.1) is 18.2 Å². The maximum absolute atomic E-state index is 11.7. The van der Waals surface area contributed by atoms with Gasteiger partial charge in [-0.05, 0) is 61.4 Å². The van der Waals surface area contributed by atoms with E-state index < -0.39 is 11.9 Å². The lowest BCUT2D eigenvalue weighted by Gasteiger charge is -1.99. The molecule has 2 N–H and O–H groups in total. The number of oxazole rings is 2. The molecular weight excluding hydrogens is 524 g/mol. The van der Waals surface area contributed by atoms with Gasteiger partial charge >= 0.3 is 11.9 Å². The summed E-state index contributed by atoms with van der Waals surface area (Å²) in [6.07, 6.45) is 0. The van der Waals surface area contributed by atoms with Gasteiger partial charge in [-0.1, -0.05) is 48.5 Å². The largest absolute Gasteiger partial charge is 0.478 e. The highest BCUT2D eigenvalue weighted by molar-refractivity contribution is 6.02. The lowest BCUT2D eigenvalue weighted by atomic mass is 10.1. The lowest BCUT2D eigenvalue weighted by molar-refractivity contribution is 0.0601. The Morgan fingerprint density at radius 3 is 1.54 bits per heavy atom. The number of nitrogens with zero attached hydrogens (tertiary/aromatic N) is 2. The van der Waals surface area contributed by atoms with Gasteiger partial charge in [0, 0.05) is 18.2 Å². The molecule has 4 aromatic carbocycles. The van der Waals surface area contributed by atoms with Crippen LogP contribution in [0.3, 0.4) is 0 Å². The second-order valence-corrected chi connectivity index (χ2v) is 8.77. The van der Waals surface area contributed by atoms with Crippen LogP contribution in [0.4, 0.5) is 0 Å². The van der Waals surface area contributed by atoms with Crippen molar-refractivity contribution < 1.29 is 33.4 Å². The minimum atomic E-state index is -1.00. The number of carbonyl (C=O) groups excluding carboxylic acids is 1. The number of carboxylic acid groups (broad SMARTS) is 1. The Morgan fingerprint density at radius 2 is 1.10 bits per heavy atom. The van der Waals surface area contributed by atoms with E-state index in [0.29, 0.717) is 39.5 Å². The number of rotatable bonds is 4. The molecule has 0 radical (unpaired) electrons. The summed E-state index contributed by atoms with van der Waals surface area (Å²) >= 11 is 0. The maximum atomic E-state index is 11.7. The first-order valence-electron chi connectivity index (χ1n) is 12.5. The van der Waals surface area contributed by atoms with Gasteiger partial charge < -0.3 is 23.8 Å². The zero-order chi connectivity index (χ0) is 29.5. The number of ether oxygens (including phenoxy) is 1. The van der Waals surface area contributed by atoms with Crippen LogP contribution in [0.25, 0.3) is 45.1 Å². The van der Waals surface area contributed by atoms with Gasteiger partial charge in [0.15, 0.2) is 11.2 Å². The van der Waals surface area contributed by atoms with Crippen LogP contribution in [0.2, 0.25) is 0 Å². The molecule has 208 valence electrons. The lowest BCUT2D eigenvalue weighted by Crippen LogP contribution is -2.01. The smallest absolute Gasteiger partial charge is 0.340 e. The Balaban J connectivity index is 0.000000178. The molecule has 6 aromatic rings. The number of aromatic nitrogens is 2. The standard InChI is InChI=1S/C16H13NO3.C15H11NO3.CH4O/c1-10-6-3-4-7-11(10)15-17-14-12(16(18)19-2)8-5-9-13(14)20-15;1-9-5-2-3-6-10(9)14-16-13-11(15(17)18)7-4-8-12(13)19-14;1-2/h3-9H,1-2H3;2-8H,1H3,(H,17,18);2H,1H3. The summed E-state index contributed by atoms with van der Waals surface area (Å²) in [4.78, 5) is 31.6. The number of fused-ring (bicyclic) bond motifs is 2. The summed E-state index contributed by atoms with van der Waals surface area (Å²) in [6, 6.07) is 25.6. The van der Waals surface area contributed by atoms with E-state index in [4.69, 9.17) is 23.8 Å². The number of aryl methyl sites for hydroxylation is 2. The molecule has 0 atom stereocenters. The Labute approximate surface area is 235 Å². The van der Waals surface area contributed by atoms with Crippen LogP contribution in [0.1, 0.15) is 31.8 Å². The predicted molar refractivity (Wildman–Crippen MR) is 155 cm³/mol. The van der Waals surface area contributed by atoms with Gasteiger partial charge in [0.2, 0.25) is 11.8 Å². The van der Waals surface area contributed by atoms with E-state index in [-0.39, 0.29) is 5.56 Å². The molecule has 0 aliphatic heterocycles. The number of carbonyl (C=O) groups is 2. The Morgan fingerprint density at radius 1 is 0.659 bits per heavy atom. The molecule has 0 amide bonds. The van der Waals surface area contributed by atoms with Gasteiger partial charge in [-0.3, -0.25) is 0 Å². The third-order valence-electron chi connectivity index (χ3n) is 6.22. The van der Waals surface area contributed by atoms with Crippen molar-refractivity contribution in [1.29, 1.82) is 0 Å². The van der Waals surface area contributed by atoms with E-state index in [1.807, 2.05) is 62.4 Å². The Kier molecular flexibility index (Phi) is 8.91. The van der Waals surface area contributed by atoms with Gasteiger partial charge in [-0.15, -0.1) is 0 Å². The number of aliphatic hydroxyl groups excluding tert-OH is 1. The molecule has 0 fully saturated rings. The van der Waals surface area contributed by atoms with Crippen molar-refractivity contribution in [2.45, 2.75) is 13.8 Å². The molecule has 2 aromatic heterocycles. The zero-order valence-corrected chi connectivity index (χ0v) is 22.9. The van der Waals surface area contributed by atoms with E-state index in [1.54, 1.807) is 30.3 Å². The van der Waals surface area contributed by atoms with Crippen molar-refractivity contribution in [2.24, 2.45) is 0 Å². The molecule has 0 spiro atoms. The van der Waals surface area contributed by atoms with Crippen molar-refractivity contribution in [3.63, 3.8) is 0 Å². The van der Waals surface area contributed by atoms with Crippen molar-refractivity contribution in [3.05, 3.63) is 107 Å². The van der Waals surface area contributed by atoms with Crippen LogP contribution in [-0.4, -0.2) is 46.3 Å². The second-order valence-electron chi connectivity index (χ2n) is 8.77. The quantitative estimate of drug-likeness (QED) is 0.229. The fraction of sp³-hybridized carbons (Fsp3) is 0.125. The number of hydrogen-bond acceptors (Lipinski definition) is 8. The molecule has 6 rings (SSSR count). The first kappa shape index (κ1) is 28.7. The molecule has 0 saturated carbocycles. The van der Waals surface area contributed by atoms with E-state index in [9.17, 15) is 9.59 Å². The number of carboxylic acids is 1. The normalized spacial score (nSPS) is 10.4. The van der Waals surface area contributed by atoms with Crippen LogP contribution in [-0.2, 0) is 4.74 Å². The van der Waals surface area contributed by atoms with Crippen LogP contribution in [0.5, 0.6) is 0 Å². The average molecular weight is 553 g/mol. The fourth-order valence-electron chi connectivity index (χ4n) is 4.20. The van der Waals surface area contributed by atoms with Gasteiger partial charge in [-0.25, -0.2) is 19.6 Å². The highest BCUT2D eigenvalue weighted by Gasteiger charge is 2.18. The minimum absolute atomic E-state index is 0.154. The third-order valence-corrected chi connectivity index (χ3v) is 6.22. The number of benzene rings is 4. The molecule has 0 saturated heterocycles. The summed E-state index contributed by atoms with van der Waals surface area (Å²) in [5.74, 6) is -0.466. The fourth-order valence-corrected chi connectivity index (χ4v) is 4.20. The second kappa shape index (κ2) is 12.7. The monoisotopic (exact) mass is 552 g/mol. The summed E-state index contributed by atoms with van der Waals surface area (Å²) < 4.78 is 16.2. The molecule has 0 aliphatic carbocycles. The van der Waals surface area contributed by atoms with E-state index >= 15 is 0 Å². The number of esters is 1. The first-order chi connectivity index (χ1) is 19.9. The molecular formula is C32H28N2O7. The van der Waals surface area contributed by atoms with Gasteiger partial charge in [0.1, 0.15) is 11.0 Å². The Bertz CT molecular complexity index is 1840. The molecule has 9 heteroatoms. The van der Waals surface area contributed by atoms with E-state index in [1.165, 1.54) is 13.2 Å². The molecule has 9 nitrogen and oxygen atoms in total. The van der Waals surface area contributed by atoms with Crippen molar-refractivity contribution in [2.75, 3.05) is 14.2 Å². The molecule has 0 unspecified atom stereocenters. The number of aliphatic hydroxyl groups is 1. The number of methoxy groups -OCH3 is 1. The highest BCUT2D eigenvalue weighted by Crippen LogP contribution is 2.29. The van der Waals surface area contributed by atoms with Crippen LogP contribution in [0, 0.1) is 13.8 Å². The van der Waals surface area contributed by atoms with Gasteiger partial charge in [0.25, 0.3) is 0 Å². The summed E-state index contributed by atoms with van der Waals surface area (Å²) in [5.41, 5.74) is 6.42. The van der Waals surface area contributed by atoms with Crippen LogP contribution in [0.15, 0.2) is 93.8 Å². The molecule has 0 aliphatic rings. The number of aromatic carboxylic acids is 1. The zero-order valence-electron chi connectivity index (χ0n) is 22.9. The van der Waals surface area contributed by atoms with Crippen LogP contribution >= 0.6 is 0 Å². The van der Waals surface area contributed by atoms with Crippen molar-refractivity contribution >= 4 is 34.1 Å². The molecule has 2 heterocycles. The molecule has 0 bridgehead atoms. The SMILES string of the molecule is CO.COC(=O)c1cccc2oc(-c3ccccc3C)nc12.Cc1ccccc1-c1nc2c(C(=O)O)cccc2o1. The third kappa shape index (κ3) is 6.00. The van der Waals surface area contributed by atoms with Crippen molar-refractivity contribution in [1.82, 2.24) is 9.97 Å². The number of hydrogen-bond donors (Lipinski definition) is 2.